The van der Waals surface area contributed by atoms with E-state index >= 15 is 0 Å². The minimum absolute atomic E-state index is 0.0887. The van der Waals surface area contributed by atoms with Crippen molar-refractivity contribution in [2.24, 2.45) is 5.92 Å². The van der Waals surface area contributed by atoms with Gasteiger partial charge in [0.2, 0.25) is 0 Å². The molecule has 0 heterocycles. The van der Waals surface area contributed by atoms with Gasteiger partial charge >= 0.3 is 0 Å². The summed E-state index contributed by atoms with van der Waals surface area (Å²) in [5, 5.41) is 16.2. The summed E-state index contributed by atoms with van der Waals surface area (Å²) in [6.07, 6.45) is 4.66. The number of hydrogen-bond donors (Lipinski definition) is 2. The number of hydrogen-bond acceptors (Lipinski definition) is 2. The fourth-order valence-electron chi connectivity index (χ4n) is 3.75. The molecule has 2 N–H and O–H groups in total. The maximum Gasteiger partial charge on any atom is 0.0613 e. The lowest BCUT2D eigenvalue weighted by atomic mass is 9.76. The summed E-state index contributed by atoms with van der Waals surface area (Å²) < 4.78 is 0. The van der Waals surface area contributed by atoms with Crippen molar-refractivity contribution in [3.63, 3.8) is 0 Å². The molecule has 2 atom stereocenters. The maximum absolute atomic E-state index is 9.89. The van der Waals surface area contributed by atoms with E-state index in [1.165, 1.54) is 29.2 Å². The van der Waals surface area contributed by atoms with Crippen molar-refractivity contribution in [2.75, 3.05) is 6.61 Å². The Morgan fingerprint density at radius 3 is 2.81 bits per heavy atom. The van der Waals surface area contributed by atoms with E-state index < -0.39 is 0 Å². The maximum atomic E-state index is 9.89. The second-order valence-electron chi connectivity index (χ2n) is 6.63. The molecule has 0 amide bonds. The summed E-state index contributed by atoms with van der Waals surface area (Å²) in [6, 6.07) is 15.0. The van der Waals surface area contributed by atoms with Gasteiger partial charge in [-0.1, -0.05) is 62.2 Å². The van der Waals surface area contributed by atoms with Crippen LogP contribution >= 0.6 is 0 Å². The molecular formula is C19H25NO. The van der Waals surface area contributed by atoms with Gasteiger partial charge in [0.05, 0.1) is 6.61 Å². The standard InChI is InChI=1S/C19H25NO/c1-15-6-5-11-19(12-15,14-21)20-13-17-9-4-8-16-7-2-3-10-18(16)17/h2-4,7-10,15,20-21H,5-6,11-14H2,1H3. The summed E-state index contributed by atoms with van der Waals surface area (Å²) in [4.78, 5) is 0. The number of nitrogens with one attached hydrogen (secondary N) is 1. The zero-order chi connectivity index (χ0) is 14.7. The van der Waals surface area contributed by atoms with Crippen LogP contribution in [0.3, 0.4) is 0 Å². The Bertz CT molecular complexity index is 604. The lowest BCUT2D eigenvalue weighted by molar-refractivity contribution is 0.0983. The van der Waals surface area contributed by atoms with Crippen molar-refractivity contribution < 1.29 is 5.11 Å². The van der Waals surface area contributed by atoms with Gasteiger partial charge in [0, 0.05) is 12.1 Å². The Morgan fingerprint density at radius 2 is 2.00 bits per heavy atom. The van der Waals surface area contributed by atoms with E-state index in [9.17, 15) is 5.11 Å². The van der Waals surface area contributed by atoms with Crippen LogP contribution in [0.5, 0.6) is 0 Å². The van der Waals surface area contributed by atoms with Crippen LogP contribution in [-0.4, -0.2) is 17.3 Å². The first-order chi connectivity index (χ1) is 10.2. The van der Waals surface area contributed by atoms with Crippen LogP contribution in [0, 0.1) is 5.92 Å². The highest BCUT2D eigenvalue weighted by atomic mass is 16.3. The van der Waals surface area contributed by atoms with Gasteiger partial charge in [0.25, 0.3) is 0 Å². The van der Waals surface area contributed by atoms with Crippen LogP contribution in [0.1, 0.15) is 38.2 Å². The van der Waals surface area contributed by atoms with Crippen LogP contribution in [0.2, 0.25) is 0 Å². The van der Waals surface area contributed by atoms with Gasteiger partial charge in [-0.2, -0.15) is 0 Å². The van der Waals surface area contributed by atoms with Crippen LogP contribution in [0.15, 0.2) is 42.5 Å². The van der Waals surface area contributed by atoms with E-state index in [0.29, 0.717) is 5.92 Å². The Hall–Kier alpha value is -1.38. The summed E-state index contributed by atoms with van der Waals surface area (Å²) in [5.74, 6) is 0.700. The molecule has 2 aromatic carbocycles. The number of fused-ring (bicyclic) bond motifs is 1. The van der Waals surface area contributed by atoms with E-state index in [4.69, 9.17) is 0 Å². The molecule has 0 aliphatic heterocycles. The average Bonchev–Trinajstić information content (AvgIpc) is 2.53. The van der Waals surface area contributed by atoms with Crippen LogP contribution in [0.4, 0.5) is 0 Å². The Labute approximate surface area is 127 Å². The smallest absolute Gasteiger partial charge is 0.0613 e. The molecule has 2 nitrogen and oxygen atoms in total. The minimum atomic E-state index is -0.0887. The first-order valence-corrected chi connectivity index (χ1v) is 8.05. The molecule has 3 rings (SSSR count). The molecular weight excluding hydrogens is 258 g/mol. The van der Waals surface area contributed by atoms with Crippen LogP contribution in [-0.2, 0) is 6.54 Å². The second-order valence-corrected chi connectivity index (χ2v) is 6.63. The second kappa shape index (κ2) is 6.17. The summed E-state index contributed by atoms with van der Waals surface area (Å²) in [7, 11) is 0. The number of aliphatic hydroxyl groups is 1. The van der Waals surface area contributed by atoms with Crippen molar-refractivity contribution in [3.05, 3.63) is 48.0 Å². The van der Waals surface area contributed by atoms with Gasteiger partial charge < -0.3 is 10.4 Å². The third-order valence-corrected chi connectivity index (χ3v) is 4.93. The molecule has 1 aliphatic carbocycles. The normalized spacial score (nSPS) is 26.1. The molecule has 0 bridgehead atoms. The lowest BCUT2D eigenvalue weighted by Gasteiger charge is -2.39. The zero-order valence-electron chi connectivity index (χ0n) is 12.8. The van der Waals surface area contributed by atoms with Gasteiger partial charge in [0.15, 0.2) is 0 Å². The van der Waals surface area contributed by atoms with Crippen molar-refractivity contribution in [1.29, 1.82) is 0 Å². The molecule has 0 radical (unpaired) electrons. The summed E-state index contributed by atoms with van der Waals surface area (Å²) >= 11 is 0. The predicted molar refractivity (Wildman–Crippen MR) is 88.2 cm³/mol. The molecule has 1 saturated carbocycles. The fourth-order valence-corrected chi connectivity index (χ4v) is 3.75. The van der Waals surface area contributed by atoms with Crippen LogP contribution in [0.25, 0.3) is 10.8 Å². The Morgan fingerprint density at radius 1 is 1.19 bits per heavy atom. The van der Waals surface area contributed by atoms with E-state index in [0.717, 1.165) is 19.4 Å². The molecule has 1 aliphatic rings. The van der Waals surface area contributed by atoms with Gasteiger partial charge in [-0.15, -0.1) is 0 Å². The van der Waals surface area contributed by atoms with Gasteiger partial charge in [-0.05, 0) is 35.1 Å². The minimum Gasteiger partial charge on any atom is -0.394 e. The summed E-state index contributed by atoms with van der Waals surface area (Å²) in [6.45, 7) is 3.36. The Balaban J connectivity index is 1.79. The summed E-state index contributed by atoms with van der Waals surface area (Å²) in [5.41, 5.74) is 1.23. The SMILES string of the molecule is CC1CCCC(CO)(NCc2cccc3ccccc23)C1. The topological polar surface area (TPSA) is 32.3 Å². The van der Waals surface area contributed by atoms with Gasteiger partial charge in [-0.25, -0.2) is 0 Å². The first-order valence-electron chi connectivity index (χ1n) is 8.05. The predicted octanol–water partition coefficient (Wildman–Crippen LogP) is 3.87. The van der Waals surface area contributed by atoms with Crippen molar-refractivity contribution in [1.82, 2.24) is 5.32 Å². The molecule has 0 saturated heterocycles. The van der Waals surface area contributed by atoms with Crippen molar-refractivity contribution >= 4 is 10.8 Å². The third kappa shape index (κ3) is 3.12. The molecule has 112 valence electrons. The van der Waals surface area contributed by atoms with E-state index in [2.05, 4.69) is 54.7 Å². The van der Waals surface area contributed by atoms with Gasteiger partial charge in [-0.3, -0.25) is 0 Å². The molecule has 0 spiro atoms. The largest absolute Gasteiger partial charge is 0.394 e. The number of rotatable bonds is 4. The molecule has 2 heteroatoms. The van der Waals surface area contributed by atoms with Crippen molar-refractivity contribution in [3.8, 4) is 0 Å². The molecule has 1 fully saturated rings. The highest BCUT2D eigenvalue weighted by Gasteiger charge is 2.33. The highest BCUT2D eigenvalue weighted by Crippen LogP contribution is 2.32. The van der Waals surface area contributed by atoms with Gasteiger partial charge in [0.1, 0.15) is 0 Å². The fraction of sp³-hybridized carbons (Fsp3) is 0.474. The number of aliphatic hydroxyl groups excluding tert-OH is 1. The average molecular weight is 283 g/mol. The Kier molecular flexibility index (Phi) is 4.27. The molecule has 2 unspecified atom stereocenters. The molecule has 0 aromatic heterocycles. The molecule has 2 aromatic rings. The number of benzene rings is 2. The monoisotopic (exact) mass is 283 g/mol. The highest BCUT2D eigenvalue weighted by molar-refractivity contribution is 5.85. The first kappa shape index (κ1) is 14.6. The van der Waals surface area contributed by atoms with Crippen LogP contribution < -0.4 is 5.32 Å². The van der Waals surface area contributed by atoms with E-state index in [1.54, 1.807) is 0 Å². The molecule has 21 heavy (non-hydrogen) atoms. The third-order valence-electron chi connectivity index (χ3n) is 4.93. The van der Waals surface area contributed by atoms with E-state index in [-0.39, 0.29) is 12.1 Å². The lowest BCUT2D eigenvalue weighted by Crippen LogP contribution is -2.51. The van der Waals surface area contributed by atoms with E-state index in [1.807, 2.05) is 0 Å². The van der Waals surface area contributed by atoms with Crippen molar-refractivity contribution in [2.45, 2.75) is 44.7 Å². The zero-order valence-corrected chi connectivity index (χ0v) is 12.8. The quantitative estimate of drug-likeness (QED) is 0.892.